The molecule has 94 valence electrons. The first-order valence-electron chi connectivity index (χ1n) is 5.57. The first-order chi connectivity index (χ1) is 8.56. The van der Waals surface area contributed by atoms with Crippen molar-refractivity contribution in [2.24, 2.45) is 0 Å². The molecular formula is C14H13Cl2NO. The number of phenols is 1. The fourth-order valence-electron chi connectivity index (χ4n) is 1.69. The topological polar surface area (TPSA) is 32.3 Å². The highest BCUT2D eigenvalue weighted by molar-refractivity contribution is 6.35. The molecule has 0 saturated heterocycles. The maximum absolute atomic E-state index is 9.25. The molecule has 0 aliphatic heterocycles. The van der Waals surface area contributed by atoms with E-state index in [-0.39, 0.29) is 11.8 Å². The Morgan fingerprint density at radius 2 is 1.72 bits per heavy atom. The summed E-state index contributed by atoms with van der Waals surface area (Å²) < 4.78 is 0. The fourth-order valence-corrected chi connectivity index (χ4v) is 2.03. The summed E-state index contributed by atoms with van der Waals surface area (Å²) in [5.74, 6) is 0.256. The lowest BCUT2D eigenvalue weighted by molar-refractivity contribution is 0.475. The minimum Gasteiger partial charge on any atom is -0.508 e. The van der Waals surface area contributed by atoms with Crippen LogP contribution in [0.1, 0.15) is 18.5 Å². The first-order valence-corrected chi connectivity index (χ1v) is 6.32. The third-order valence-corrected chi connectivity index (χ3v) is 3.26. The number of phenolic OH excluding ortho intramolecular Hbond substituents is 1. The van der Waals surface area contributed by atoms with E-state index in [1.807, 2.05) is 19.1 Å². The predicted octanol–water partition coefficient (Wildman–Crippen LogP) is 4.87. The lowest BCUT2D eigenvalue weighted by Gasteiger charge is -2.17. The first kappa shape index (κ1) is 13.1. The number of benzene rings is 2. The quantitative estimate of drug-likeness (QED) is 0.841. The van der Waals surface area contributed by atoms with E-state index in [0.717, 1.165) is 11.3 Å². The number of rotatable bonds is 3. The van der Waals surface area contributed by atoms with Gasteiger partial charge in [-0.05, 0) is 42.8 Å². The average Bonchev–Trinajstić information content (AvgIpc) is 2.34. The highest BCUT2D eigenvalue weighted by atomic mass is 35.5. The summed E-state index contributed by atoms with van der Waals surface area (Å²) in [5, 5.41) is 13.8. The Kier molecular flexibility index (Phi) is 4.00. The van der Waals surface area contributed by atoms with Crippen LogP contribution in [0.4, 0.5) is 5.69 Å². The minimum atomic E-state index is 0.0709. The molecule has 0 bridgehead atoms. The molecule has 18 heavy (non-hydrogen) atoms. The van der Waals surface area contributed by atoms with Crippen LogP contribution in [0.25, 0.3) is 0 Å². The Hall–Kier alpha value is -1.38. The van der Waals surface area contributed by atoms with Crippen LogP contribution < -0.4 is 5.32 Å². The Bertz CT molecular complexity index is 540. The highest BCUT2D eigenvalue weighted by Crippen LogP contribution is 2.29. The number of hydrogen-bond donors (Lipinski definition) is 2. The van der Waals surface area contributed by atoms with Gasteiger partial charge < -0.3 is 10.4 Å². The number of anilines is 1. The van der Waals surface area contributed by atoms with E-state index in [4.69, 9.17) is 23.2 Å². The monoisotopic (exact) mass is 281 g/mol. The molecule has 0 heterocycles. The van der Waals surface area contributed by atoms with Crippen molar-refractivity contribution in [3.8, 4) is 5.75 Å². The summed E-state index contributed by atoms with van der Waals surface area (Å²) in [4.78, 5) is 0. The van der Waals surface area contributed by atoms with E-state index in [9.17, 15) is 5.11 Å². The lowest BCUT2D eigenvalue weighted by atomic mass is 10.1. The van der Waals surface area contributed by atoms with Crippen LogP contribution in [0, 0.1) is 0 Å². The van der Waals surface area contributed by atoms with E-state index in [0.29, 0.717) is 10.0 Å². The van der Waals surface area contributed by atoms with Crippen molar-refractivity contribution in [3.05, 3.63) is 58.1 Å². The molecule has 0 amide bonds. The highest BCUT2D eigenvalue weighted by Gasteiger charge is 2.08. The number of nitrogens with one attached hydrogen (secondary N) is 1. The Labute approximate surface area is 116 Å². The van der Waals surface area contributed by atoms with Gasteiger partial charge in [-0.25, -0.2) is 0 Å². The summed E-state index contributed by atoms with van der Waals surface area (Å²) in [5.41, 5.74) is 1.86. The van der Waals surface area contributed by atoms with Crippen LogP contribution in [-0.2, 0) is 0 Å². The molecule has 2 aromatic rings. The maximum atomic E-state index is 9.25. The van der Waals surface area contributed by atoms with Gasteiger partial charge in [0.15, 0.2) is 0 Å². The molecule has 2 rings (SSSR count). The van der Waals surface area contributed by atoms with E-state index < -0.39 is 0 Å². The molecule has 2 nitrogen and oxygen atoms in total. The van der Waals surface area contributed by atoms with Gasteiger partial charge in [-0.15, -0.1) is 0 Å². The van der Waals surface area contributed by atoms with Gasteiger partial charge in [0.25, 0.3) is 0 Å². The fraction of sp³-hybridized carbons (Fsp3) is 0.143. The summed E-state index contributed by atoms with van der Waals surface area (Å²) in [6.07, 6.45) is 0. The zero-order valence-corrected chi connectivity index (χ0v) is 11.3. The summed E-state index contributed by atoms with van der Waals surface area (Å²) in [6, 6.07) is 12.4. The van der Waals surface area contributed by atoms with Crippen LogP contribution >= 0.6 is 23.2 Å². The molecule has 1 unspecified atom stereocenters. The normalized spacial score (nSPS) is 12.2. The van der Waals surface area contributed by atoms with E-state index >= 15 is 0 Å². The van der Waals surface area contributed by atoms with Crippen molar-refractivity contribution in [1.29, 1.82) is 0 Å². The second-order valence-corrected chi connectivity index (χ2v) is 4.93. The maximum Gasteiger partial charge on any atom is 0.115 e. The van der Waals surface area contributed by atoms with Crippen molar-refractivity contribution < 1.29 is 5.11 Å². The molecule has 2 aromatic carbocycles. The van der Waals surface area contributed by atoms with E-state index in [2.05, 4.69) is 5.32 Å². The van der Waals surface area contributed by atoms with Gasteiger partial charge in [0.05, 0.1) is 10.7 Å². The molecular weight excluding hydrogens is 269 g/mol. The molecule has 0 saturated carbocycles. The number of halogens is 2. The van der Waals surface area contributed by atoms with Crippen molar-refractivity contribution in [2.75, 3.05) is 5.32 Å². The van der Waals surface area contributed by atoms with Gasteiger partial charge in [0, 0.05) is 11.1 Å². The van der Waals surface area contributed by atoms with Gasteiger partial charge in [0.2, 0.25) is 0 Å². The molecule has 2 N–H and O–H groups in total. The Morgan fingerprint density at radius 1 is 1.06 bits per heavy atom. The second-order valence-electron chi connectivity index (χ2n) is 4.08. The Morgan fingerprint density at radius 3 is 2.39 bits per heavy atom. The van der Waals surface area contributed by atoms with Gasteiger partial charge >= 0.3 is 0 Å². The molecule has 0 fully saturated rings. The van der Waals surface area contributed by atoms with Gasteiger partial charge in [-0.1, -0.05) is 35.3 Å². The lowest BCUT2D eigenvalue weighted by Crippen LogP contribution is -2.06. The van der Waals surface area contributed by atoms with Gasteiger partial charge in [-0.3, -0.25) is 0 Å². The average molecular weight is 282 g/mol. The van der Waals surface area contributed by atoms with E-state index in [1.54, 1.807) is 30.3 Å². The van der Waals surface area contributed by atoms with Crippen LogP contribution in [0.15, 0.2) is 42.5 Å². The summed E-state index contributed by atoms with van der Waals surface area (Å²) >= 11 is 12.0. The van der Waals surface area contributed by atoms with Crippen LogP contribution in [0.3, 0.4) is 0 Å². The predicted molar refractivity (Wildman–Crippen MR) is 76.6 cm³/mol. The molecule has 0 spiro atoms. The minimum absolute atomic E-state index is 0.0709. The molecule has 0 radical (unpaired) electrons. The van der Waals surface area contributed by atoms with Crippen LogP contribution in [-0.4, -0.2) is 5.11 Å². The number of aromatic hydroxyl groups is 1. The number of hydrogen-bond acceptors (Lipinski definition) is 2. The molecule has 0 aromatic heterocycles. The summed E-state index contributed by atoms with van der Waals surface area (Å²) in [7, 11) is 0. The zero-order valence-electron chi connectivity index (χ0n) is 9.82. The van der Waals surface area contributed by atoms with Gasteiger partial charge in [0.1, 0.15) is 5.75 Å². The standard InChI is InChI=1S/C14H13Cl2NO/c1-9(10-2-5-12(18)6-3-10)17-14-8-11(15)4-7-13(14)16/h2-9,17-18H,1H3. The smallest absolute Gasteiger partial charge is 0.115 e. The van der Waals surface area contributed by atoms with Crippen molar-refractivity contribution in [1.82, 2.24) is 0 Å². The van der Waals surface area contributed by atoms with Gasteiger partial charge in [-0.2, -0.15) is 0 Å². The second kappa shape index (κ2) is 5.51. The van der Waals surface area contributed by atoms with E-state index in [1.165, 1.54) is 0 Å². The van der Waals surface area contributed by atoms with Crippen LogP contribution in [0.5, 0.6) is 5.75 Å². The Balaban J connectivity index is 2.18. The zero-order chi connectivity index (χ0) is 13.1. The third-order valence-electron chi connectivity index (χ3n) is 2.69. The SMILES string of the molecule is CC(Nc1cc(Cl)ccc1Cl)c1ccc(O)cc1. The molecule has 0 aliphatic carbocycles. The molecule has 4 heteroatoms. The third kappa shape index (κ3) is 3.09. The largest absolute Gasteiger partial charge is 0.508 e. The van der Waals surface area contributed by atoms with Crippen LogP contribution in [0.2, 0.25) is 10.0 Å². The molecule has 0 aliphatic rings. The summed E-state index contributed by atoms with van der Waals surface area (Å²) in [6.45, 7) is 2.02. The van der Waals surface area contributed by atoms with Crippen molar-refractivity contribution in [3.63, 3.8) is 0 Å². The molecule has 1 atom stereocenters. The van der Waals surface area contributed by atoms with Crippen molar-refractivity contribution >= 4 is 28.9 Å². The van der Waals surface area contributed by atoms with Crippen molar-refractivity contribution in [2.45, 2.75) is 13.0 Å².